The summed E-state index contributed by atoms with van der Waals surface area (Å²) < 4.78 is 45.2. The van der Waals surface area contributed by atoms with Crippen LogP contribution in [-0.4, -0.2) is 128 Å². The third-order valence-corrected chi connectivity index (χ3v) is 9.88. The Labute approximate surface area is 302 Å². The van der Waals surface area contributed by atoms with Crippen LogP contribution in [0.3, 0.4) is 0 Å². The number of aliphatic hydroxyl groups is 1. The van der Waals surface area contributed by atoms with E-state index in [0.29, 0.717) is 49.3 Å². The van der Waals surface area contributed by atoms with Gasteiger partial charge in [-0.25, -0.2) is 14.6 Å². The molecule has 2 aliphatic rings. The minimum Gasteiger partial charge on any atom is -0.387 e. The number of hydrogen-bond acceptors (Lipinski definition) is 8. The molecule has 18 heteroatoms. The number of aromatic nitrogens is 5. The number of piperidine rings is 1. The number of piperazine rings is 1. The number of carbonyl (C=O) groups is 3. The SMILES string of the molecule is CNc1ccc(-n2cc(-c3cnc(C(=O)Nc4ccc(C(=O)N5CCN(C(=O)[C@@H]6CC[N+](C)(C)C[C@H]6O)CC5)c(Cl)c4)n3C)c(C(F)(F)F)n2)nc1. The molecule has 0 saturated carbocycles. The molecule has 2 fully saturated rings. The number of hydrogen-bond donors (Lipinski definition) is 3. The van der Waals surface area contributed by atoms with Gasteiger partial charge in [-0.05, 0) is 30.3 Å². The van der Waals surface area contributed by atoms with Gasteiger partial charge in [-0.2, -0.15) is 18.3 Å². The number of pyridine rings is 1. The van der Waals surface area contributed by atoms with E-state index in [4.69, 9.17) is 11.6 Å². The normalized spacial score (nSPS) is 19.0. The molecule has 2 saturated heterocycles. The van der Waals surface area contributed by atoms with E-state index in [0.717, 1.165) is 17.4 Å². The maximum atomic E-state index is 14.1. The van der Waals surface area contributed by atoms with Crippen molar-refractivity contribution in [1.82, 2.24) is 34.1 Å². The third-order valence-electron chi connectivity index (χ3n) is 9.57. The molecule has 6 rings (SSSR count). The van der Waals surface area contributed by atoms with Crippen molar-refractivity contribution in [3.05, 3.63) is 71.0 Å². The summed E-state index contributed by atoms with van der Waals surface area (Å²) in [5, 5.41) is 19.9. The number of carbonyl (C=O) groups excluding carboxylic acids is 3. The summed E-state index contributed by atoms with van der Waals surface area (Å²) in [6, 6.07) is 7.53. The molecule has 14 nitrogen and oxygen atoms in total. The van der Waals surface area contributed by atoms with Crippen LogP contribution in [0.2, 0.25) is 5.02 Å². The van der Waals surface area contributed by atoms with Gasteiger partial charge in [0.1, 0.15) is 12.6 Å². The van der Waals surface area contributed by atoms with Crippen LogP contribution in [0.4, 0.5) is 24.5 Å². The lowest BCUT2D eigenvalue weighted by atomic mass is 9.91. The molecule has 2 atom stereocenters. The van der Waals surface area contributed by atoms with Gasteiger partial charge in [-0.1, -0.05) is 11.6 Å². The van der Waals surface area contributed by atoms with Gasteiger partial charge in [0, 0.05) is 58.6 Å². The van der Waals surface area contributed by atoms with Gasteiger partial charge in [-0.15, -0.1) is 0 Å². The molecule has 0 radical (unpaired) electrons. The van der Waals surface area contributed by atoms with Crippen LogP contribution in [-0.2, 0) is 18.0 Å². The van der Waals surface area contributed by atoms with E-state index >= 15 is 0 Å². The number of nitrogens with zero attached hydrogens (tertiary/aromatic N) is 8. The quantitative estimate of drug-likeness (QED) is 0.244. The van der Waals surface area contributed by atoms with E-state index in [1.807, 2.05) is 14.1 Å². The van der Waals surface area contributed by atoms with Crippen molar-refractivity contribution in [3.8, 4) is 17.1 Å². The van der Waals surface area contributed by atoms with Crippen molar-refractivity contribution in [2.75, 3.05) is 71.0 Å². The lowest BCUT2D eigenvalue weighted by Gasteiger charge is -2.42. The number of nitrogens with one attached hydrogen (secondary N) is 2. The Bertz CT molecular complexity index is 1990. The minimum absolute atomic E-state index is 0.00513. The lowest BCUT2D eigenvalue weighted by molar-refractivity contribution is -0.899. The first-order valence-electron chi connectivity index (χ1n) is 16.6. The van der Waals surface area contributed by atoms with Crippen LogP contribution in [0.25, 0.3) is 17.1 Å². The summed E-state index contributed by atoms with van der Waals surface area (Å²) in [6.07, 6.45) is -1.14. The number of quaternary nitrogens is 1. The number of imidazole rings is 1. The highest BCUT2D eigenvalue weighted by Crippen LogP contribution is 2.37. The summed E-state index contributed by atoms with van der Waals surface area (Å²) in [5.41, 5.74) is -0.372. The molecule has 276 valence electrons. The fourth-order valence-corrected chi connectivity index (χ4v) is 6.87. The largest absolute Gasteiger partial charge is 0.435 e. The van der Waals surface area contributed by atoms with Gasteiger partial charge in [-0.3, -0.25) is 14.4 Å². The zero-order valence-electron chi connectivity index (χ0n) is 29.0. The van der Waals surface area contributed by atoms with Crippen molar-refractivity contribution in [2.24, 2.45) is 13.0 Å². The van der Waals surface area contributed by atoms with E-state index < -0.39 is 29.8 Å². The number of amides is 3. The van der Waals surface area contributed by atoms with Crippen LogP contribution in [0.1, 0.15) is 33.1 Å². The zero-order valence-corrected chi connectivity index (χ0v) is 29.7. The standard InChI is InChI=1S/C34H38ClF3N10O4/c1-39-21-6-8-28(40-16-21)47-18-24(29(43-47)34(36,37)38)26-17-41-30(44(26)2)31(50)42-20-5-7-22(25(35)15-20)32(51)45-10-12-46(13-11-45)33(52)23-9-14-48(3,4)19-27(23)49/h5-8,15-18,23,27,39,49H,9-14,19H2,1-4H3/p+1/t23-,27-/m1/s1. The highest BCUT2D eigenvalue weighted by atomic mass is 35.5. The second-order valence-electron chi connectivity index (χ2n) is 13.6. The van der Waals surface area contributed by atoms with Crippen molar-refractivity contribution in [3.63, 3.8) is 0 Å². The number of alkyl halides is 3. The molecule has 52 heavy (non-hydrogen) atoms. The molecular weight excluding hydrogens is 705 g/mol. The molecule has 3 N–H and O–H groups in total. The highest BCUT2D eigenvalue weighted by molar-refractivity contribution is 6.34. The Hall–Kier alpha value is -5.00. The number of anilines is 2. The van der Waals surface area contributed by atoms with Crippen LogP contribution in [0.15, 0.2) is 48.9 Å². The van der Waals surface area contributed by atoms with Crippen molar-refractivity contribution in [2.45, 2.75) is 18.7 Å². The van der Waals surface area contributed by atoms with E-state index in [1.165, 1.54) is 48.3 Å². The Morgan fingerprint density at radius 3 is 2.31 bits per heavy atom. The molecule has 0 bridgehead atoms. The molecule has 4 aromatic rings. The van der Waals surface area contributed by atoms with E-state index in [9.17, 15) is 32.7 Å². The van der Waals surface area contributed by atoms with Crippen molar-refractivity contribution >= 4 is 40.7 Å². The van der Waals surface area contributed by atoms with Gasteiger partial charge in [0.2, 0.25) is 5.91 Å². The van der Waals surface area contributed by atoms with Crippen LogP contribution >= 0.6 is 11.6 Å². The topological polar surface area (TPSA) is 151 Å². The maximum Gasteiger partial charge on any atom is 0.435 e. The molecule has 1 aromatic carbocycles. The molecule has 0 spiro atoms. The lowest BCUT2D eigenvalue weighted by Crippen LogP contribution is -2.58. The molecule has 3 amide bonds. The summed E-state index contributed by atoms with van der Waals surface area (Å²) in [7, 11) is 7.15. The van der Waals surface area contributed by atoms with Crippen LogP contribution < -0.4 is 10.6 Å². The van der Waals surface area contributed by atoms with E-state index in [-0.39, 0.29) is 51.0 Å². The van der Waals surface area contributed by atoms with Crippen molar-refractivity contribution in [1.29, 1.82) is 0 Å². The number of benzene rings is 1. The minimum atomic E-state index is -4.81. The first kappa shape index (κ1) is 36.8. The summed E-state index contributed by atoms with van der Waals surface area (Å²) >= 11 is 6.50. The molecule has 5 heterocycles. The predicted octanol–water partition coefficient (Wildman–Crippen LogP) is 3.38. The second-order valence-corrected chi connectivity index (χ2v) is 14.0. The first-order chi connectivity index (χ1) is 24.6. The highest BCUT2D eigenvalue weighted by Gasteiger charge is 2.41. The monoisotopic (exact) mass is 743 g/mol. The second kappa shape index (κ2) is 14.2. The fraction of sp³-hybridized carbons (Fsp3) is 0.412. The van der Waals surface area contributed by atoms with Crippen molar-refractivity contribution < 1.29 is 37.1 Å². The van der Waals surface area contributed by atoms with Crippen LogP contribution in [0, 0.1) is 5.92 Å². The fourth-order valence-electron chi connectivity index (χ4n) is 6.61. The first-order valence-corrected chi connectivity index (χ1v) is 17.0. The zero-order chi connectivity index (χ0) is 37.5. The van der Waals surface area contributed by atoms with Gasteiger partial charge in [0.25, 0.3) is 11.8 Å². The molecule has 0 aliphatic carbocycles. The smallest absolute Gasteiger partial charge is 0.387 e. The summed E-state index contributed by atoms with van der Waals surface area (Å²) in [5.74, 6) is -1.63. The van der Waals surface area contributed by atoms with Gasteiger partial charge >= 0.3 is 6.18 Å². The van der Waals surface area contributed by atoms with Gasteiger partial charge in [0.05, 0.1) is 66.5 Å². The Morgan fingerprint density at radius 1 is 1.00 bits per heavy atom. The molecule has 0 unspecified atom stereocenters. The number of rotatable bonds is 7. The van der Waals surface area contributed by atoms with E-state index in [1.54, 1.807) is 22.9 Å². The third kappa shape index (κ3) is 7.47. The Morgan fingerprint density at radius 2 is 1.69 bits per heavy atom. The molecule has 3 aromatic heterocycles. The number of halogens is 4. The molecular formula is C34H39ClF3N10O4+. The Balaban J connectivity index is 1.11. The number of likely N-dealkylation sites (tertiary alicyclic amines) is 1. The average molecular weight is 744 g/mol. The number of aliphatic hydroxyl groups excluding tert-OH is 1. The Kier molecular flexibility index (Phi) is 10.0. The maximum absolute atomic E-state index is 14.1. The average Bonchev–Trinajstić information content (AvgIpc) is 3.72. The predicted molar refractivity (Wildman–Crippen MR) is 186 cm³/mol. The van der Waals surface area contributed by atoms with E-state index in [2.05, 4.69) is 25.7 Å². The van der Waals surface area contributed by atoms with Gasteiger partial charge in [0.15, 0.2) is 17.3 Å². The summed E-state index contributed by atoms with van der Waals surface area (Å²) in [6.45, 7) is 2.54. The van der Waals surface area contributed by atoms with Crippen LogP contribution in [0.5, 0.6) is 0 Å². The summed E-state index contributed by atoms with van der Waals surface area (Å²) in [4.78, 5) is 51.4. The molecule has 2 aliphatic heterocycles. The van der Waals surface area contributed by atoms with Gasteiger partial charge < -0.3 is 34.6 Å². The number of likely N-dealkylation sites (N-methyl/N-ethyl adjacent to an activating group) is 1.